The Morgan fingerprint density at radius 3 is 2.50 bits per heavy atom. The molecule has 0 aliphatic carbocycles. The number of primary amides is 1. The highest BCUT2D eigenvalue weighted by atomic mass is 16.5. The SMILES string of the molecule is C=C(C)COC(=O)[C@@H](N)CCC(N)=O. The molecule has 0 saturated carbocycles. The molecule has 0 rings (SSSR count). The Morgan fingerprint density at radius 2 is 2.07 bits per heavy atom. The molecule has 0 aliphatic heterocycles. The summed E-state index contributed by atoms with van der Waals surface area (Å²) >= 11 is 0. The maximum absolute atomic E-state index is 11.1. The van der Waals surface area contributed by atoms with Gasteiger partial charge in [-0.05, 0) is 18.9 Å². The predicted molar refractivity (Wildman–Crippen MR) is 52.2 cm³/mol. The molecule has 14 heavy (non-hydrogen) atoms. The van der Waals surface area contributed by atoms with Crippen molar-refractivity contribution in [3.05, 3.63) is 12.2 Å². The third-order valence-electron chi connectivity index (χ3n) is 1.47. The number of hydrogen-bond donors (Lipinski definition) is 2. The van der Waals surface area contributed by atoms with Gasteiger partial charge >= 0.3 is 5.97 Å². The fourth-order valence-corrected chi connectivity index (χ4v) is 0.717. The summed E-state index contributed by atoms with van der Waals surface area (Å²) in [4.78, 5) is 21.5. The quantitative estimate of drug-likeness (QED) is 0.454. The van der Waals surface area contributed by atoms with E-state index in [1.165, 1.54) is 0 Å². The van der Waals surface area contributed by atoms with Gasteiger partial charge in [-0.2, -0.15) is 0 Å². The zero-order chi connectivity index (χ0) is 11.1. The van der Waals surface area contributed by atoms with Gasteiger partial charge in [-0.3, -0.25) is 9.59 Å². The van der Waals surface area contributed by atoms with Crippen molar-refractivity contribution in [3.8, 4) is 0 Å². The Bertz CT molecular complexity index is 238. The summed E-state index contributed by atoms with van der Waals surface area (Å²) in [6.07, 6.45) is 0.299. The van der Waals surface area contributed by atoms with E-state index in [4.69, 9.17) is 16.2 Å². The molecule has 0 bridgehead atoms. The number of rotatable bonds is 6. The number of amides is 1. The molecule has 5 heteroatoms. The van der Waals surface area contributed by atoms with Crippen molar-refractivity contribution < 1.29 is 14.3 Å². The molecular formula is C9H16N2O3. The van der Waals surface area contributed by atoms with Crippen LogP contribution in [0.1, 0.15) is 19.8 Å². The maximum atomic E-state index is 11.1. The van der Waals surface area contributed by atoms with Crippen molar-refractivity contribution >= 4 is 11.9 Å². The standard InChI is InChI=1S/C9H16N2O3/c1-6(2)5-14-9(13)7(10)3-4-8(11)12/h7H,1,3-5,10H2,2H3,(H2,11,12)/t7-/m0/s1. The van der Waals surface area contributed by atoms with Gasteiger partial charge in [-0.25, -0.2) is 0 Å². The minimum Gasteiger partial charge on any atom is -0.460 e. The minimum absolute atomic E-state index is 0.0866. The fourth-order valence-electron chi connectivity index (χ4n) is 0.717. The Labute approximate surface area is 83.1 Å². The van der Waals surface area contributed by atoms with Gasteiger partial charge < -0.3 is 16.2 Å². The number of hydrogen-bond acceptors (Lipinski definition) is 4. The second-order valence-corrected chi connectivity index (χ2v) is 3.18. The van der Waals surface area contributed by atoms with Gasteiger partial charge in [0, 0.05) is 6.42 Å². The second kappa shape index (κ2) is 6.15. The van der Waals surface area contributed by atoms with Crippen molar-refractivity contribution in [1.29, 1.82) is 0 Å². The molecule has 1 amide bonds. The summed E-state index contributed by atoms with van der Waals surface area (Å²) in [7, 11) is 0. The number of ether oxygens (including phenoxy) is 1. The summed E-state index contributed by atoms with van der Waals surface area (Å²) in [5, 5.41) is 0. The van der Waals surface area contributed by atoms with Gasteiger partial charge in [0.15, 0.2) is 0 Å². The molecular weight excluding hydrogens is 184 g/mol. The largest absolute Gasteiger partial charge is 0.460 e. The Kier molecular flexibility index (Phi) is 5.55. The molecule has 0 saturated heterocycles. The lowest BCUT2D eigenvalue weighted by atomic mass is 10.1. The van der Waals surface area contributed by atoms with Crippen molar-refractivity contribution in [3.63, 3.8) is 0 Å². The first-order chi connectivity index (χ1) is 6.43. The van der Waals surface area contributed by atoms with E-state index >= 15 is 0 Å². The molecule has 0 aliphatic rings. The van der Waals surface area contributed by atoms with Crippen LogP contribution in [0.4, 0.5) is 0 Å². The summed E-state index contributed by atoms with van der Waals surface area (Å²) < 4.78 is 4.78. The third-order valence-corrected chi connectivity index (χ3v) is 1.47. The van der Waals surface area contributed by atoms with Crippen molar-refractivity contribution in [1.82, 2.24) is 0 Å². The Balaban J connectivity index is 3.76. The van der Waals surface area contributed by atoms with Gasteiger partial charge in [-0.1, -0.05) is 6.58 Å². The van der Waals surface area contributed by atoms with Crippen LogP contribution >= 0.6 is 0 Å². The summed E-state index contributed by atoms with van der Waals surface area (Å²) in [5.41, 5.74) is 11.1. The van der Waals surface area contributed by atoms with E-state index in [1.54, 1.807) is 6.92 Å². The van der Waals surface area contributed by atoms with Crippen LogP contribution in [0.25, 0.3) is 0 Å². The highest BCUT2D eigenvalue weighted by Crippen LogP contribution is 1.98. The number of carbonyl (C=O) groups is 2. The first-order valence-electron chi connectivity index (χ1n) is 4.28. The topological polar surface area (TPSA) is 95.4 Å². The Hall–Kier alpha value is -1.36. The highest BCUT2D eigenvalue weighted by molar-refractivity contribution is 5.78. The van der Waals surface area contributed by atoms with E-state index in [2.05, 4.69) is 6.58 Å². The van der Waals surface area contributed by atoms with Gasteiger partial charge in [0.1, 0.15) is 12.6 Å². The van der Waals surface area contributed by atoms with Gasteiger partial charge in [-0.15, -0.1) is 0 Å². The van der Waals surface area contributed by atoms with E-state index in [9.17, 15) is 9.59 Å². The van der Waals surface area contributed by atoms with E-state index in [1.807, 2.05) is 0 Å². The van der Waals surface area contributed by atoms with Crippen molar-refractivity contribution in [2.24, 2.45) is 11.5 Å². The molecule has 0 radical (unpaired) electrons. The van der Waals surface area contributed by atoms with Gasteiger partial charge in [0.05, 0.1) is 0 Å². The van der Waals surface area contributed by atoms with Crippen LogP contribution in [0.3, 0.4) is 0 Å². The fraction of sp³-hybridized carbons (Fsp3) is 0.556. The molecule has 0 aromatic heterocycles. The van der Waals surface area contributed by atoms with Crippen LogP contribution in [0, 0.1) is 0 Å². The van der Waals surface area contributed by atoms with E-state index in [0.29, 0.717) is 0 Å². The van der Waals surface area contributed by atoms with Gasteiger partial charge in [0.2, 0.25) is 5.91 Å². The molecule has 0 aromatic rings. The predicted octanol–water partition coefficient (Wildman–Crippen LogP) is -0.301. The molecule has 0 spiro atoms. The van der Waals surface area contributed by atoms with Crippen molar-refractivity contribution in [2.75, 3.05) is 6.61 Å². The maximum Gasteiger partial charge on any atom is 0.323 e. The number of carbonyl (C=O) groups excluding carboxylic acids is 2. The molecule has 1 atom stereocenters. The van der Waals surface area contributed by atoms with Crippen LogP contribution in [0.15, 0.2) is 12.2 Å². The van der Waals surface area contributed by atoms with E-state index in [-0.39, 0.29) is 19.4 Å². The molecule has 80 valence electrons. The lowest BCUT2D eigenvalue weighted by molar-refractivity contribution is -0.144. The number of nitrogens with two attached hydrogens (primary N) is 2. The van der Waals surface area contributed by atoms with Gasteiger partial charge in [0.25, 0.3) is 0 Å². The van der Waals surface area contributed by atoms with Crippen LogP contribution in [-0.2, 0) is 14.3 Å². The minimum atomic E-state index is -0.790. The van der Waals surface area contributed by atoms with Crippen LogP contribution < -0.4 is 11.5 Å². The van der Waals surface area contributed by atoms with Crippen LogP contribution in [0.2, 0.25) is 0 Å². The Morgan fingerprint density at radius 1 is 1.50 bits per heavy atom. The highest BCUT2D eigenvalue weighted by Gasteiger charge is 2.15. The molecule has 0 heterocycles. The zero-order valence-electron chi connectivity index (χ0n) is 8.29. The molecule has 4 N–H and O–H groups in total. The lowest BCUT2D eigenvalue weighted by Crippen LogP contribution is -2.33. The molecule has 5 nitrogen and oxygen atoms in total. The average molecular weight is 200 g/mol. The van der Waals surface area contributed by atoms with Crippen molar-refractivity contribution in [2.45, 2.75) is 25.8 Å². The summed E-state index contributed by atoms with van der Waals surface area (Å²) in [5.74, 6) is -1.01. The molecule has 0 aromatic carbocycles. The summed E-state index contributed by atoms with van der Waals surface area (Å²) in [6.45, 7) is 5.46. The normalized spacial score (nSPS) is 11.9. The number of esters is 1. The zero-order valence-corrected chi connectivity index (χ0v) is 8.29. The molecule has 0 unspecified atom stereocenters. The second-order valence-electron chi connectivity index (χ2n) is 3.18. The smallest absolute Gasteiger partial charge is 0.323 e. The monoisotopic (exact) mass is 200 g/mol. The first-order valence-corrected chi connectivity index (χ1v) is 4.28. The molecule has 0 fully saturated rings. The lowest BCUT2D eigenvalue weighted by Gasteiger charge is -2.10. The van der Waals surface area contributed by atoms with Crippen LogP contribution in [0.5, 0.6) is 0 Å². The van der Waals surface area contributed by atoms with E-state index in [0.717, 1.165) is 5.57 Å². The van der Waals surface area contributed by atoms with E-state index < -0.39 is 17.9 Å². The average Bonchev–Trinajstić information content (AvgIpc) is 2.09. The first kappa shape index (κ1) is 12.6. The summed E-state index contributed by atoms with van der Waals surface area (Å²) in [6, 6.07) is -0.790. The third kappa shape index (κ3) is 6.19. The van der Waals surface area contributed by atoms with Crippen LogP contribution in [-0.4, -0.2) is 24.5 Å².